The third-order valence-corrected chi connectivity index (χ3v) is 7.72. The molecule has 2 heteroatoms. The number of fused-ring (bicyclic) bond motifs is 1. The predicted octanol–water partition coefficient (Wildman–Crippen LogP) is 1.44. The van der Waals surface area contributed by atoms with Crippen molar-refractivity contribution in [3.8, 4) is 0 Å². The van der Waals surface area contributed by atoms with E-state index in [2.05, 4.69) is 0 Å². The van der Waals surface area contributed by atoms with Crippen LogP contribution in [0.25, 0.3) is 0 Å². The Hall–Kier alpha value is -0.660. The van der Waals surface area contributed by atoms with Crippen LogP contribution in [0.4, 0.5) is 0 Å². The second kappa shape index (κ2) is 1.65. The third-order valence-electron chi connectivity index (χ3n) is 7.72. The molecule has 8 atom stereocenters. The Labute approximate surface area is 93.8 Å². The summed E-state index contributed by atoms with van der Waals surface area (Å²) in [5.74, 6) is 4.14. The molecule has 0 N–H and O–H groups in total. The summed E-state index contributed by atoms with van der Waals surface area (Å²) in [5, 5.41) is 0. The van der Waals surface area contributed by atoms with E-state index in [4.69, 9.17) is 0 Å². The molecule has 2 bridgehead atoms. The summed E-state index contributed by atoms with van der Waals surface area (Å²) in [4.78, 5) is 25.4. The van der Waals surface area contributed by atoms with Crippen molar-refractivity contribution in [2.75, 3.05) is 0 Å². The standard InChI is InChI=1S/C14H14O2/c15-11-7-5-4-6-8(7)12(16)14-3-1-2-13(11,14)9(5)10(6)14/h5-10H,1-4H2/t5-,6+,7+,8-,9?,10?,13?,14?. The molecular formula is C14H14O2. The zero-order valence-corrected chi connectivity index (χ0v) is 9.11. The smallest absolute Gasteiger partial charge is 0.144 e. The lowest BCUT2D eigenvalue weighted by molar-refractivity contribution is -0.180. The normalized spacial score (nSPS) is 75.2. The minimum atomic E-state index is -0.0914. The fourth-order valence-electron chi connectivity index (χ4n) is 8.01. The van der Waals surface area contributed by atoms with Crippen LogP contribution in [0.2, 0.25) is 0 Å². The number of hydrogen-bond acceptors (Lipinski definition) is 2. The van der Waals surface area contributed by atoms with E-state index in [1.165, 1.54) is 6.42 Å². The van der Waals surface area contributed by atoms with Crippen LogP contribution in [0, 0.1) is 46.3 Å². The summed E-state index contributed by atoms with van der Waals surface area (Å²) < 4.78 is 0. The van der Waals surface area contributed by atoms with Crippen molar-refractivity contribution in [1.29, 1.82) is 0 Å². The highest BCUT2D eigenvalue weighted by Gasteiger charge is 2.96. The minimum Gasteiger partial charge on any atom is -0.299 e. The molecule has 2 spiro atoms. The van der Waals surface area contributed by atoms with Crippen molar-refractivity contribution in [2.24, 2.45) is 46.3 Å². The van der Waals surface area contributed by atoms with Crippen molar-refractivity contribution in [1.82, 2.24) is 0 Å². The summed E-state index contributed by atoms with van der Waals surface area (Å²) in [5.41, 5.74) is -0.183. The van der Waals surface area contributed by atoms with Gasteiger partial charge >= 0.3 is 0 Å². The zero-order chi connectivity index (χ0) is 10.4. The third kappa shape index (κ3) is 0.349. The van der Waals surface area contributed by atoms with E-state index in [0.29, 0.717) is 35.2 Å². The molecule has 16 heavy (non-hydrogen) atoms. The molecule has 0 aliphatic heterocycles. The zero-order valence-electron chi connectivity index (χ0n) is 9.11. The van der Waals surface area contributed by atoms with Gasteiger partial charge in [0.1, 0.15) is 11.6 Å². The van der Waals surface area contributed by atoms with Gasteiger partial charge in [-0.25, -0.2) is 0 Å². The van der Waals surface area contributed by atoms with Crippen molar-refractivity contribution < 1.29 is 9.59 Å². The van der Waals surface area contributed by atoms with Crippen LogP contribution in [-0.2, 0) is 9.59 Å². The highest BCUT2D eigenvalue weighted by molar-refractivity contribution is 6.11. The highest BCUT2D eigenvalue weighted by atomic mass is 16.2. The first-order valence-corrected chi connectivity index (χ1v) is 6.84. The lowest BCUT2D eigenvalue weighted by Crippen LogP contribution is -2.64. The van der Waals surface area contributed by atoms with Crippen LogP contribution in [0.15, 0.2) is 0 Å². The van der Waals surface area contributed by atoms with Crippen molar-refractivity contribution in [3.05, 3.63) is 0 Å². The lowest BCUT2D eigenvalue weighted by Gasteiger charge is -2.59. The molecule has 0 aromatic carbocycles. The predicted molar refractivity (Wildman–Crippen MR) is 54.3 cm³/mol. The molecule has 2 nitrogen and oxygen atoms in total. The molecular weight excluding hydrogens is 200 g/mol. The van der Waals surface area contributed by atoms with Gasteiger partial charge < -0.3 is 0 Å². The number of rotatable bonds is 0. The van der Waals surface area contributed by atoms with E-state index < -0.39 is 0 Å². The molecule has 0 heterocycles. The first-order chi connectivity index (χ1) is 7.75. The maximum atomic E-state index is 12.7. The minimum absolute atomic E-state index is 0.0914. The second-order valence-electron chi connectivity index (χ2n) is 7.19. The van der Waals surface area contributed by atoms with Crippen LogP contribution >= 0.6 is 0 Å². The fraction of sp³-hybridized carbons (Fsp3) is 0.857. The van der Waals surface area contributed by atoms with Crippen molar-refractivity contribution >= 4 is 11.6 Å². The van der Waals surface area contributed by atoms with Gasteiger partial charge in [0, 0.05) is 22.7 Å². The van der Waals surface area contributed by atoms with E-state index in [1.807, 2.05) is 0 Å². The first kappa shape index (κ1) is 7.62. The van der Waals surface area contributed by atoms with E-state index in [1.54, 1.807) is 0 Å². The summed E-state index contributed by atoms with van der Waals surface area (Å²) in [6.45, 7) is 0. The highest BCUT2D eigenvalue weighted by Crippen LogP contribution is 2.93. The maximum absolute atomic E-state index is 12.7. The maximum Gasteiger partial charge on any atom is 0.144 e. The van der Waals surface area contributed by atoms with Gasteiger partial charge in [0.2, 0.25) is 0 Å². The lowest BCUT2D eigenvalue weighted by atomic mass is 9.41. The molecule has 0 aromatic rings. The Balaban J connectivity index is 1.82. The van der Waals surface area contributed by atoms with Crippen LogP contribution in [0.1, 0.15) is 25.7 Å². The van der Waals surface area contributed by atoms with Gasteiger partial charge in [-0.3, -0.25) is 9.59 Å². The fourth-order valence-corrected chi connectivity index (χ4v) is 8.01. The summed E-state index contributed by atoms with van der Waals surface area (Å²) in [7, 11) is 0. The van der Waals surface area contributed by atoms with E-state index in [0.717, 1.165) is 19.3 Å². The first-order valence-electron chi connectivity index (χ1n) is 6.84. The molecule has 4 unspecified atom stereocenters. The Morgan fingerprint density at radius 3 is 1.88 bits per heavy atom. The van der Waals surface area contributed by atoms with Crippen LogP contribution < -0.4 is 0 Å². The Morgan fingerprint density at radius 1 is 0.875 bits per heavy atom. The van der Waals surface area contributed by atoms with E-state index >= 15 is 0 Å². The molecule has 0 saturated heterocycles. The van der Waals surface area contributed by atoms with Crippen LogP contribution in [0.3, 0.4) is 0 Å². The van der Waals surface area contributed by atoms with Gasteiger partial charge in [-0.05, 0) is 42.9 Å². The van der Waals surface area contributed by atoms with Gasteiger partial charge in [-0.2, -0.15) is 0 Å². The van der Waals surface area contributed by atoms with Gasteiger partial charge in [0.05, 0.1) is 0 Å². The monoisotopic (exact) mass is 214 g/mol. The Morgan fingerprint density at radius 2 is 1.38 bits per heavy atom. The Kier molecular flexibility index (Phi) is 0.786. The van der Waals surface area contributed by atoms with Gasteiger partial charge in [0.15, 0.2) is 0 Å². The van der Waals surface area contributed by atoms with Gasteiger partial charge in [0.25, 0.3) is 0 Å². The van der Waals surface area contributed by atoms with Crippen LogP contribution in [0.5, 0.6) is 0 Å². The van der Waals surface area contributed by atoms with E-state index in [9.17, 15) is 9.59 Å². The molecule has 6 aliphatic rings. The van der Waals surface area contributed by atoms with E-state index in [-0.39, 0.29) is 22.7 Å². The quantitative estimate of drug-likeness (QED) is 0.611. The number of carbonyl (C=O) groups excluding carboxylic acids is 2. The van der Waals surface area contributed by atoms with Crippen LogP contribution in [-0.4, -0.2) is 11.6 Å². The number of Topliss-reactive ketones (excluding diaryl/α,β-unsaturated/α-hetero) is 2. The average molecular weight is 214 g/mol. The average Bonchev–Trinajstić information content (AvgIpc) is 2.90. The van der Waals surface area contributed by atoms with Gasteiger partial charge in [-0.15, -0.1) is 0 Å². The summed E-state index contributed by atoms with van der Waals surface area (Å²) in [6.07, 6.45) is 4.49. The molecule has 6 rings (SSSR count). The molecule has 0 aromatic heterocycles. The van der Waals surface area contributed by atoms with Crippen molar-refractivity contribution in [2.45, 2.75) is 25.7 Å². The summed E-state index contributed by atoms with van der Waals surface area (Å²) >= 11 is 0. The molecule has 6 fully saturated rings. The topological polar surface area (TPSA) is 34.1 Å². The second-order valence-corrected chi connectivity index (χ2v) is 7.19. The molecule has 0 radical (unpaired) electrons. The molecule has 6 saturated carbocycles. The Bertz CT molecular complexity index is 465. The SMILES string of the molecule is O=C1[C@H]2[C@H]3C(=O)C45CCCC14C1C5[C@@H]3C[C@H]12. The molecule has 6 aliphatic carbocycles. The number of ketones is 2. The van der Waals surface area contributed by atoms with Gasteiger partial charge in [-0.1, -0.05) is 6.42 Å². The van der Waals surface area contributed by atoms with Crippen molar-refractivity contribution in [3.63, 3.8) is 0 Å². The largest absolute Gasteiger partial charge is 0.299 e. The summed E-state index contributed by atoms with van der Waals surface area (Å²) in [6, 6.07) is 0. The molecule has 0 amide bonds. The molecule has 82 valence electrons. The number of carbonyl (C=O) groups is 2. The number of hydrogen-bond donors (Lipinski definition) is 0.